The number of nitrogens with one attached hydrogen (secondary N) is 2. The molecule has 6 nitrogen and oxygen atoms in total. The lowest BCUT2D eigenvalue weighted by Gasteiger charge is -2.23. The summed E-state index contributed by atoms with van der Waals surface area (Å²) in [6.07, 6.45) is 0. The Hall–Kier alpha value is -3.67. The van der Waals surface area contributed by atoms with E-state index in [-0.39, 0.29) is 5.76 Å². The zero-order valence-corrected chi connectivity index (χ0v) is 17.0. The van der Waals surface area contributed by atoms with E-state index in [2.05, 4.69) is 36.0 Å². The van der Waals surface area contributed by atoms with Crippen molar-refractivity contribution in [3.8, 4) is 0 Å². The minimum atomic E-state index is -0.500. The molecule has 1 aromatic heterocycles. The van der Waals surface area contributed by atoms with Crippen molar-refractivity contribution in [1.29, 1.82) is 0 Å². The van der Waals surface area contributed by atoms with E-state index in [4.69, 9.17) is 0 Å². The van der Waals surface area contributed by atoms with Gasteiger partial charge in [0, 0.05) is 11.1 Å². The Balaban J connectivity index is 1.85. The number of benzene rings is 2. The number of nitrogens with zero attached hydrogens (tertiary/aromatic N) is 1. The molecule has 2 heterocycles. The van der Waals surface area contributed by atoms with Crippen LogP contribution in [0.15, 0.2) is 63.7 Å². The van der Waals surface area contributed by atoms with E-state index in [1.807, 2.05) is 36.4 Å². The molecular weight excluding hydrogens is 378 g/mol. The number of allylic oxidation sites excluding steroid dienone is 1. The smallest absolute Gasteiger partial charge is 0.415 e. The highest BCUT2D eigenvalue weighted by molar-refractivity contribution is 6.21. The molecule has 30 heavy (non-hydrogen) atoms. The van der Waals surface area contributed by atoms with E-state index in [1.165, 1.54) is 10.1 Å². The fourth-order valence-electron chi connectivity index (χ4n) is 4.46. The highest BCUT2D eigenvalue weighted by Gasteiger charge is 2.43. The van der Waals surface area contributed by atoms with Gasteiger partial charge in [-0.1, -0.05) is 56.3 Å². The van der Waals surface area contributed by atoms with Crippen molar-refractivity contribution >= 4 is 17.3 Å². The zero-order chi connectivity index (χ0) is 21.2. The summed E-state index contributed by atoms with van der Waals surface area (Å²) < 4.78 is 1.41. The Morgan fingerprint density at radius 2 is 1.70 bits per heavy atom. The molecule has 5 rings (SSSR count). The molecule has 150 valence electrons. The van der Waals surface area contributed by atoms with E-state index >= 15 is 0 Å². The largest absolute Gasteiger partial charge is 0.507 e. The van der Waals surface area contributed by atoms with Crippen LogP contribution < -0.4 is 16.2 Å². The van der Waals surface area contributed by atoms with Gasteiger partial charge in [-0.15, -0.1) is 0 Å². The minimum Gasteiger partial charge on any atom is -0.507 e. The third-order valence-corrected chi connectivity index (χ3v) is 6.09. The maximum Gasteiger partial charge on any atom is 0.415 e. The molecule has 1 aliphatic heterocycles. The van der Waals surface area contributed by atoms with Gasteiger partial charge in [0.2, 0.25) is 0 Å². The number of H-pyrrole nitrogens is 1. The molecule has 6 heteroatoms. The number of fused-ring (bicyclic) bond motifs is 4. The van der Waals surface area contributed by atoms with Gasteiger partial charge >= 0.3 is 5.69 Å². The molecule has 0 radical (unpaired) electrons. The van der Waals surface area contributed by atoms with Crippen LogP contribution in [0.3, 0.4) is 0 Å². The fourth-order valence-corrected chi connectivity index (χ4v) is 4.46. The number of aromatic nitrogens is 2. The highest BCUT2D eigenvalue weighted by atomic mass is 16.3. The predicted molar refractivity (Wildman–Crippen MR) is 115 cm³/mol. The summed E-state index contributed by atoms with van der Waals surface area (Å²) in [6.45, 7) is 4.26. The number of hydrogen-bond donors (Lipinski definition) is 3. The Morgan fingerprint density at radius 3 is 2.37 bits per heavy atom. The predicted octanol–water partition coefficient (Wildman–Crippen LogP) is 1.83. The number of hydrogen-bond acceptors (Lipinski definition) is 3. The molecule has 3 N–H and O–H groups in total. The number of aliphatic hydroxyl groups is 1. The maximum absolute atomic E-state index is 12.9. The van der Waals surface area contributed by atoms with Crippen molar-refractivity contribution in [3.05, 3.63) is 103 Å². The van der Waals surface area contributed by atoms with Crippen molar-refractivity contribution in [2.24, 2.45) is 7.05 Å². The average Bonchev–Trinajstić information content (AvgIpc) is 3.03. The summed E-state index contributed by atoms with van der Waals surface area (Å²) in [7, 11) is 1.62. The molecule has 2 aromatic carbocycles. The second kappa shape index (κ2) is 6.42. The van der Waals surface area contributed by atoms with Crippen LogP contribution in [0.25, 0.3) is 5.76 Å². The van der Waals surface area contributed by atoms with Crippen LogP contribution in [0, 0.1) is 0 Å². The van der Waals surface area contributed by atoms with E-state index in [0.717, 1.165) is 16.8 Å². The van der Waals surface area contributed by atoms with Gasteiger partial charge in [0.05, 0.1) is 18.5 Å². The molecule has 1 unspecified atom stereocenters. The number of rotatable bonds is 2. The van der Waals surface area contributed by atoms with E-state index in [0.29, 0.717) is 28.4 Å². The fraction of sp³-hybridized carbons (Fsp3) is 0.208. The number of aromatic amines is 1. The van der Waals surface area contributed by atoms with Crippen LogP contribution in [0.1, 0.15) is 53.5 Å². The Labute approximate surface area is 172 Å². The molecule has 2 aliphatic rings. The minimum absolute atomic E-state index is 0.157. The second-order valence-corrected chi connectivity index (χ2v) is 8.14. The molecule has 0 spiro atoms. The zero-order valence-electron chi connectivity index (χ0n) is 17.0. The first-order chi connectivity index (χ1) is 14.4. The van der Waals surface area contributed by atoms with Crippen molar-refractivity contribution < 1.29 is 10.1 Å². The van der Waals surface area contributed by atoms with Crippen LogP contribution in [-0.2, 0) is 7.05 Å². The van der Waals surface area contributed by atoms with E-state index < -0.39 is 17.2 Å². The monoisotopic (exact) mass is 400 g/mol. The molecular formula is C24H22N3O3+. The van der Waals surface area contributed by atoms with Gasteiger partial charge in [-0.3, -0.25) is 9.78 Å². The van der Waals surface area contributed by atoms with E-state index in [1.54, 1.807) is 7.05 Å². The average molecular weight is 400 g/mol. The van der Waals surface area contributed by atoms with Gasteiger partial charge in [-0.25, -0.2) is 9.79 Å². The maximum atomic E-state index is 12.9. The quantitative estimate of drug-likeness (QED) is 0.613. The summed E-state index contributed by atoms with van der Waals surface area (Å²) in [5.41, 5.74) is 4.53. The summed E-state index contributed by atoms with van der Waals surface area (Å²) >= 11 is 0. The second-order valence-electron chi connectivity index (χ2n) is 8.14. The first kappa shape index (κ1) is 18.4. The lowest BCUT2D eigenvalue weighted by Crippen LogP contribution is -2.72. The van der Waals surface area contributed by atoms with Gasteiger partial charge in [0.1, 0.15) is 17.0 Å². The summed E-state index contributed by atoms with van der Waals surface area (Å²) in [4.78, 5) is 30.9. The Kier molecular flexibility index (Phi) is 3.93. The summed E-state index contributed by atoms with van der Waals surface area (Å²) in [5.74, 6) is 0.490. The first-order valence-corrected chi connectivity index (χ1v) is 9.98. The van der Waals surface area contributed by atoms with Gasteiger partial charge < -0.3 is 5.11 Å². The van der Waals surface area contributed by atoms with Crippen LogP contribution in [0.5, 0.6) is 0 Å². The van der Waals surface area contributed by atoms with Crippen molar-refractivity contribution in [2.75, 3.05) is 0 Å². The van der Waals surface area contributed by atoms with Gasteiger partial charge in [0.15, 0.2) is 0 Å². The van der Waals surface area contributed by atoms with Gasteiger partial charge in [-0.05, 0) is 23.1 Å². The first-order valence-electron chi connectivity index (χ1n) is 9.98. The van der Waals surface area contributed by atoms with Gasteiger partial charge in [-0.2, -0.15) is 4.57 Å². The lowest BCUT2D eigenvalue weighted by atomic mass is 9.81. The Morgan fingerprint density at radius 1 is 1.03 bits per heavy atom. The van der Waals surface area contributed by atoms with Crippen molar-refractivity contribution in [3.63, 3.8) is 0 Å². The van der Waals surface area contributed by atoms with Crippen molar-refractivity contribution in [2.45, 2.75) is 25.7 Å². The lowest BCUT2D eigenvalue weighted by molar-refractivity contribution is -0.363. The Bertz CT molecular complexity index is 1370. The van der Waals surface area contributed by atoms with Crippen LogP contribution in [0.2, 0.25) is 0 Å². The summed E-state index contributed by atoms with van der Waals surface area (Å²) in [6, 6.07) is 15.7. The third kappa shape index (κ3) is 2.46. The van der Waals surface area contributed by atoms with Crippen LogP contribution >= 0.6 is 0 Å². The van der Waals surface area contributed by atoms with Crippen molar-refractivity contribution in [1.82, 2.24) is 9.55 Å². The van der Waals surface area contributed by atoms with E-state index in [9.17, 15) is 14.7 Å². The van der Waals surface area contributed by atoms with Crippen LogP contribution in [0.4, 0.5) is 5.82 Å². The molecule has 0 saturated heterocycles. The van der Waals surface area contributed by atoms with Crippen LogP contribution in [-0.4, -0.2) is 20.4 Å². The molecule has 0 amide bonds. The molecule has 0 saturated carbocycles. The highest BCUT2D eigenvalue weighted by Crippen LogP contribution is 2.43. The molecule has 1 atom stereocenters. The SMILES string of the molecule is CC(C)c1ccc(C2C3=C(O)c4ccccc4C3=[NH+]c3c2c(=O)[nH]c(=O)n3C)cc1. The molecule has 0 fully saturated rings. The molecule has 1 aliphatic carbocycles. The summed E-state index contributed by atoms with van der Waals surface area (Å²) in [5, 5.41) is 11.1. The molecule has 0 bridgehead atoms. The number of aliphatic hydroxyl groups excluding tert-OH is 1. The standard InChI is InChI=1S/C24H21N3O3/c1-12(2)13-8-10-14(11-9-13)17-18-20(15-6-4-5-7-16(15)21(18)28)25-22-19(17)23(29)26-24(30)27(22)3/h4-12,17,28H,1-3H3,(H,26,29,30)/p+1. The molecule has 3 aromatic rings. The topological polar surface area (TPSA) is 89.1 Å². The van der Waals surface area contributed by atoms with Gasteiger partial charge in [0.25, 0.3) is 11.4 Å². The normalized spacial score (nSPS) is 16.9. The third-order valence-electron chi connectivity index (χ3n) is 6.09.